The van der Waals surface area contributed by atoms with E-state index in [2.05, 4.69) is 18.7 Å². The minimum absolute atomic E-state index is 0.473. The number of hydrogen-bond acceptors (Lipinski definition) is 3. The number of hydrogen-bond donors (Lipinski definition) is 1. The smallest absolute Gasteiger partial charge is 0.109 e. The number of aliphatic hydroxyl groups is 1. The van der Waals surface area contributed by atoms with Gasteiger partial charge >= 0.3 is 0 Å². The predicted molar refractivity (Wildman–Crippen MR) is 133 cm³/mol. The second-order valence-corrected chi connectivity index (χ2v) is 9.19. The second kappa shape index (κ2) is 11.5. The number of rotatable bonds is 10. The van der Waals surface area contributed by atoms with Crippen molar-refractivity contribution in [2.75, 3.05) is 19.6 Å². The molecule has 1 N–H and O–H groups in total. The second-order valence-electron chi connectivity index (χ2n) is 7.91. The molecule has 3 aromatic rings. The summed E-state index contributed by atoms with van der Waals surface area (Å²) in [5, 5.41) is 13.7. The molecule has 0 spiro atoms. The summed E-state index contributed by atoms with van der Waals surface area (Å²) in [4.78, 5) is 7.07. The highest BCUT2D eigenvalue weighted by molar-refractivity contribution is 6.38. The molecule has 0 amide bonds. The Morgan fingerprint density at radius 1 is 0.903 bits per heavy atom. The summed E-state index contributed by atoms with van der Waals surface area (Å²) in [7, 11) is 0. The van der Waals surface area contributed by atoms with E-state index in [1.54, 1.807) is 6.07 Å². The number of aliphatic hydroxyl groups excluding tert-OH is 1. The number of fused-ring (bicyclic) bond motifs is 1. The summed E-state index contributed by atoms with van der Waals surface area (Å²) < 4.78 is 0. The summed E-state index contributed by atoms with van der Waals surface area (Å²) in [6.45, 7) is 6.86. The van der Waals surface area contributed by atoms with E-state index in [0.717, 1.165) is 55.3 Å². The fourth-order valence-electron chi connectivity index (χ4n) is 3.71. The van der Waals surface area contributed by atoms with Crippen molar-refractivity contribution in [3.63, 3.8) is 0 Å². The lowest BCUT2D eigenvalue weighted by Crippen LogP contribution is -2.31. The molecule has 166 valence electrons. The van der Waals surface area contributed by atoms with Crippen LogP contribution in [0.1, 0.15) is 51.3 Å². The molecule has 0 aliphatic rings. The van der Waals surface area contributed by atoms with E-state index in [9.17, 15) is 5.11 Å². The third-order valence-corrected chi connectivity index (χ3v) is 6.19. The molecular formula is C25H29Cl3N2O. The molecule has 0 aliphatic carbocycles. The molecule has 6 heteroatoms. The average molecular weight is 480 g/mol. The topological polar surface area (TPSA) is 36.4 Å². The van der Waals surface area contributed by atoms with Gasteiger partial charge in [-0.2, -0.15) is 0 Å². The van der Waals surface area contributed by atoms with Crippen molar-refractivity contribution in [1.29, 1.82) is 0 Å². The van der Waals surface area contributed by atoms with Crippen molar-refractivity contribution in [2.45, 2.75) is 45.6 Å². The molecule has 3 nitrogen and oxygen atoms in total. The Hall–Kier alpha value is -1.36. The first-order valence-corrected chi connectivity index (χ1v) is 12.0. The lowest BCUT2D eigenvalue weighted by atomic mass is 9.99. The Labute approximate surface area is 200 Å². The van der Waals surface area contributed by atoms with Gasteiger partial charge in [0.1, 0.15) is 6.10 Å². The van der Waals surface area contributed by atoms with Gasteiger partial charge in [0.15, 0.2) is 0 Å². The fourth-order valence-corrected chi connectivity index (χ4v) is 4.37. The minimum Gasteiger partial charge on any atom is -0.385 e. The largest absolute Gasteiger partial charge is 0.385 e. The van der Waals surface area contributed by atoms with Gasteiger partial charge in [0.2, 0.25) is 0 Å². The number of nitrogens with zero attached hydrogens (tertiary/aromatic N) is 2. The van der Waals surface area contributed by atoms with E-state index >= 15 is 0 Å². The van der Waals surface area contributed by atoms with Gasteiger partial charge in [0.05, 0.1) is 16.2 Å². The molecular weight excluding hydrogens is 451 g/mol. The van der Waals surface area contributed by atoms with Gasteiger partial charge in [0, 0.05) is 22.0 Å². The van der Waals surface area contributed by atoms with Crippen molar-refractivity contribution < 1.29 is 5.11 Å². The maximum absolute atomic E-state index is 11.1. The molecule has 0 saturated heterocycles. The first-order chi connectivity index (χ1) is 14.9. The van der Waals surface area contributed by atoms with E-state index in [0.29, 0.717) is 32.8 Å². The summed E-state index contributed by atoms with van der Waals surface area (Å²) >= 11 is 18.9. The Kier molecular flexibility index (Phi) is 9.00. The maximum atomic E-state index is 11.1. The molecule has 31 heavy (non-hydrogen) atoms. The third-order valence-electron chi connectivity index (χ3n) is 5.44. The lowest BCUT2D eigenvalue weighted by molar-refractivity contribution is 0.108. The molecule has 1 unspecified atom stereocenters. The maximum Gasteiger partial charge on any atom is 0.109 e. The van der Waals surface area contributed by atoms with Crippen LogP contribution in [0, 0.1) is 0 Å². The van der Waals surface area contributed by atoms with Crippen molar-refractivity contribution in [2.24, 2.45) is 0 Å². The van der Waals surface area contributed by atoms with Crippen molar-refractivity contribution in [3.05, 3.63) is 63.2 Å². The number of unbranched alkanes of at least 4 members (excludes halogenated alkanes) is 2. The van der Waals surface area contributed by atoms with Gasteiger partial charge < -0.3 is 10.0 Å². The Bertz CT molecular complexity index is 1000. The number of aromatic nitrogens is 1. The molecule has 1 atom stereocenters. The highest BCUT2D eigenvalue weighted by atomic mass is 35.5. The SMILES string of the molecule is CCCCN(CCCC)CC(O)c1cc(-c2ccc(Cl)cc2)c2cc(Cl)cc(Cl)c2n1. The zero-order valence-corrected chi connectivity index (χ0v) is 20.3. The summed E-state index contributed by atoms with van der Waals surface area (Å²) in [6.07, 6.45) is 3.77. The van der Waals surface area contributed by atoms with E-state index in [1.165, 1.54) is 0 Å². The van der Waals surface area contributed by atoms with Crippen LogP contribution >= 0.6 is 34.8 Å². The Morgan fingerprint density at radius 2 is 1.55 bits per heavy atom. The summed E-state index contributed by atoms with van der Waals surface area (Å²) in [5.74, 6) is 0. The van der Waals surface area contributed by atoms with E-state index in [-0.39, 0.29) is 0 Å². The van der Waals surface area contributed by atoms with Crippen LogP contribution in [0.25, 0.3) is 22.0 Å². The number of benzene rings is 2. The van der Waals surface area contributed by atoms with Crippen molar-refractivity contribution in [1.82, 2.24) is 9.88 Å². The zero-order valence-electron chi connectivity index (χ0n) is 18.0. The zero-order chi connectivity index (χ0) is 22.4. The van der Waals surface area contributed by atoms with Gasteiger partial charge in [-0.3, -0.25) is 0 Å². The first-order valence-electron chi connectivity index (χ1n) is 10.9. The van der Waals surface area contributed by atoms with Crippen molar-refractivity contribution in [3.8, 4) is 11.1 Å². The molecule has 0 bridgehead atoms. The number of halogens is 3. The monoisotopic (exact) mass is 478 g/mol. The van der Waals surface area contributed by atoms with Gasteiger partial charge in [-0.15, -0.1) is 0 Å². The molecule has 0 radical (unpaired) electrons. The lowest BCUT2D eigenvalue weighted by Gasteiger charge is -2.25. The van der Waals surface area contributed by atoms with E-state index in [1.807, 2.05) is 36.4 Å². The van der Waals surface area contributed by atoms with Crippen LogP contribution in [0.5, 0.6) is 0 Å². The molecule has 2 aromatic carbocycles. The van der Waals surface area contributed by atoms with Gasteiger partial charge in [-0.1, -0.05) is 73.6 Å². The van der Waals surface area contributed by atoms with Gasteiger partial charge in [-0.25, -0.2) is 4.98 Å². The van der Waals surface area contributed by atoms with E-state index in [4.69, 9.17) is 39.8 Å². The molecule has 0 saturated carbocycles. The normalized spacial score (nSPS) is 12.6. The first kappa shape index (κ1) is 24.3. The summed E-state index contributed by atoms with van der Waals surface area (Å²) in [6, 6.07) is 13.1. The highest BCUT2D eigenvalue weighted by Crippen LogP contribution is 2.36. The van der Waals surface area contributed by atoms with Crippen LogP contribution in [0.2, 0.25) is 15.1 Å². The molecule has 1 aromatic heterocycles. The van der Waals surface area contributed by atoms with Crippen molar-refractivity contribution >= 4 is 45.7 Å². The molecule has 3 rings (SSSR count). The van der Waals surface area contributed by atoms with Crippen LogP contribution in [0.3, 0.4) is 0 Å². The predicted octanol–water partition coefficient (Wildman–Crippen LogP) is 7.80. The van der Waals surface area contributed by atoms with E-state index < -0.39 is 6.10 Å². The highest BCUT2D eigenvalue weighted by Gasteiger charge is 2.19. The quantitative estimate of drug-likeness (QED) is 0.322. The fraction of sp³-hybridized carbons (Fsp3) is 0.400. The molecule has 0 fully saturated rings. The third kappa shape index (κ3) is 6.34. The van der Waals surface area contributed by atoms with Gasteiger partial charge in [-0.05, 0) is 67.4 Å². The minimum atomic E-state index is -0.712. The Morgan fingerprint density at radius 3 is 2.16 bits per heavy atom. The van der Waals surface area contributed by atoms with Crippen LogP contribution in [0.4, 0.5) is 0 Å². The molecule has 0 aliphatic heterocycles. The van der Waals surface area contributed by atoms with Crippen LogP contribution < -0.4 is 0 Å². The summed E-state index contributed by atoms with van der Waals surface area (Å²) in [5.41, 5.74) is 3.15. The average Bonchev–Trinajstić information content (AvgIpc) is 2.75. The van der Waals surface area contributed by atoms with Crippen LogP contribution in [0.15, 0.2) is 42.5 Å². The van der Waals surface area contributed by atoms with Crippen LogP contribution in [-0.2, 0) is 0 Å². The standard InChI is InChI=1S/C25H29Cl3N2O/c1-3-5-11-30(12-6-4-2)16-24(31)23-15-20(17-7-9-18(26)10-8-17)21-13-19(27)14-22(28)25(21)29-23/h7-10,13-15,24,31H,3-6,11-12,16H2,1-2H3. The molecule has 1 heterocycles. The van der Waals surface area contributed by atoms with Gasteiger partial charge in [0.25, 0.3) is 0 Å². The van der Waals surface area contributed by atoms with Crippen LogP contribution in [-0.4, -0.2) is 34.6 Å². The number of pyridine rings is 1. The Balaban J connectivity index is 2.02.